The monoisotopic (exact) mass is 461 g/mol. The number of amidine groups is 1. The Morgan fingerprint density at radius 3 is 2.55 bits per heavy atom. The van der Waals surface area contributed by atoms with E-state index in [1.807, 2.05) is 37.3 Å². The minimum absolute atomic E-state index is 0.0345. The van der Waals surface area contributed by atoms with E-state index < -0.39 is 0 Å². The summed E-state index contributed by atoms with van der Waals surface area (Å²) in [5.41, 5.74) is 6.01. The van der Waals surface area contributed by atoms with Crippen LogP contribution in [0, 0.1) is 6.92 Å². The van der Waals surface area contributed by atoms with Crippen LogP contribution in [-0.2, 0) is 4.79 Å². The second-order valence-corrected chi connectivity index (χ2v) is 11.0. The largest absolute Gasteiger partial charge is 0.364 e. The van der Waals surface area contributed by atoms with Crippen molar-refractivity contribution in [2.75, 3.05) is 11.4 Å². The van der Waals surface area contributed by atoms with Crippen LogP contribution in [0.1, 0.15) is 70.6 Å². The number of aryl methyl sites for hydroxylation is 1. The molecule has 2 aromatic carbocycles. The van der Waals surface area contributed by atoms with Gasteiger partial charge in [-0.05, 0) is 113 Å². The van der Waals surface area contributed by atoms with E-state index in [2.05, 4.69) is 64.7 Å². The minimum Gasteiger partial charge on any atom is -0.364 e. The summed E-state index contributed by atoms with van der Waals surface area (Å²) >= 11 is 1.47. The molecule has 174 valence electrons. The molecule has 1 amide bonds. The first-order valence-corrected chi connectivity index (χ1v) is 12.7. The quantitative estimate of drug-likeness (QED) is 0.455. The van der Waals surface area contributed by atoms with E-state index in [1.54, 1.807) is 4.90 Å². The molecule has 5 heteroatoms. The summed E-state index contributed by atoms with van der Waals surface area (Å²) in [5, 5.41) is 0.747. The molecule has 0 radical (unpaired) electrons. The second-order valence-electron chi connectivity index (χ2n) is 10.0. The number of aliphatic imine (C=N–C) groups is 1. The number of hydrogen-bond donors (Lipinski definition) is 0. The number of likely N-dealkylation sites (N-methyl/N-ethyl adjacent to an activating group) is 1. The number of thioether (sulfide) groups is 1. The molecule has 0 unspecified atom stereocenters. The highest BCUT2D eigenvalue weighted by atomic mass is 32.2. The molecule has 2 heterocycles. The van der Waals surface area contributed by atoms with Gasteiger partial charge in [-0.1, -0.05) is 25.1 Å². The van der Waals surface area contributed by atoms with Crippen molar-refractivity contribution in [2.24, 2.45) is 4.99 Å². The van der Waals surface area contributed by atoms with Crippen LogP contribution in [0.5, 0.6) is 0 Å². The van der Waals surface area contributed by atoms with Gasteiger partial charge in [0.1, 0.15) is 0 Å². The summed E-state index contributed by atoms with van der Waals surface area (Å²) in [4.78, 5) is 23.0. The summed E-state index contributed by atoms with van der Waals surface area (Å²) in [6.07, 6.45) is 3.17. The summed E-state index contributed by atoms with van der Waals surface area (Å²) in [6, 6.07) is 14.9. The Morgan fingerprint density at radius 2 is 1.91 bits per heavy atom. The van der Waals surface area contributed by atoms with Crippen LogP contribution in [-0.4, -0.2) is 34.1 Å². The highest BCUT2D eigenvalue weighted by molar-refractivity contribution is 8.18. The molecule has 4 rings (SSSR count). The van der Waals surface area contributed by atoms with Gasteiger partial charge in [0.05, 0.1) is 10.6 Å². The molecule has 0 spiro atoms. The molecule has 4 nitrogen and oxygen atoms in total. The fourth-order valence-corrected chi connectivity index (χ4v) is 6.42. The maximum atomic E-state index is 13.2. The van der Waals surface area contributed by atoms with Gasteiger partial charge in [0.2, 0.25) is 0 Å². The van der Waals surface area contributed by atoms with E-state index in [0.717, 1.165) is 27.7 Å². The van der Waals surface area contributed by atoms with Crippen molar-refractivity contribution in [2.45, 2.75) is 72.4 Å². The van der Waals surface area contributed by atoms with Crippen molar-refractivity contribution >= 4 is 40.3 Å². The number of rotatable bonds is 4. The Balaban J connectivity index is 1.73. The molecule has 1 saturated heterocycles. The van der Waals surface area contributed by atoms with Gasteiger partial charge >= 0.3 is 0 Å². The molecule has 0 saturated carbocycles. The van der Waals surface area contributed by atoms with Crippen LogP contribution >= 0.6 is 11.8 Å². The standard InChI is InChI=1S/C28H35N3OS/c1-8-30-26(32)25(33-27(30)29-22-12-10-9-11-13-22)16-21-15-23-20(5)17-28(6,7)31(18(2)3)24(23)14-19(21)4/h9-16,18,20H,8,17H2,1-7H3/b25-16-,29-27?/t20-/m1/s1. The molecule has 0 aromatic heterocycles. The molecule has 2 aromatic rings. The first-order valence-electron chi connectivity index (χ1n) is 11.9. The lowest BCUT2D eigenvalue weighted by Gasteiger charge is -2.50. The number of amides is 1. The topological polar surface area (TPSA) is 35.9 Å². The van der Waals surface area contributed by atoms with Crippen LogP contribution in [0.15, 0.2) is 52.4 Å². The van der Waals surface area contributed by atoms with Crippen molar-refractivity contribution in [1.29, 1.82) is 0 Å². The number of nitrogens with zero attached hydrogens (tertiary/aromatic N) is 3. The van der Waals surface area contributed by atoms with E-state index >= 15 is 0 Å². The van der Waals surface area contributed by atoms with Crippen LogP contribution in [0.2, 0.25) is 0 Å². The molecule has 2 aliphatic rings. The molecule has 2 aliphatic heterocycles. The van der Waals surface area contributed by atoms with E-state index in [1.165, 1.54) is 28.6 Å². The Hall–Kier alpha value is -2.53. The van der Waals surface area contributed by atoms with Crippen LogP contribution < -0.4 is 4.90 Å². The molecule has 0 aliphatic carbocycles. The third kappa shape index (κ3) is 4.48. The maximum absolute atomic E-state index is 13.2. The Morgan fingerprint density at radius 1 is 1.21 bits per heavy atom. The van der Waals surface area contributed by atoms with Gasteiger partial charge in [-0.3, -0.25) is 9.69 Å². The van der Waals surface area contributed by atoms with Crippen molar-refractivity contribution in [3.05, 3.63) is 64.1 Å². The zero-order chi connectivity index (χ0) is 23.9. The average Bonchev–Trinajstić information content (AvgIpc) is 3.02. The lowest BCUT2D eigenvalue weighted by molar-refractivity contribution is -0.122. The average molecular weight is 462 g/mol. The number of fused-ring (bicyclic) bond motifs is 1. The van der Waals surface area contributed by atoms with Gasteiger partial charge in [-0.25, -0.2) is 4.99 Å². The van der Waals surface area contributed by atoms with Crippen molar-refractivity contribution < 1.29 is 4.79 Å². The zero-order valence-electron chi connectivity index (χ0n) is 20.8. The number of carbonyl (C=O) groups is 1. The molecule has 0 bridgehead atoms. The van der Waals surface area contributed by atoms with Gasteiger partial charge in [0.15, 0.2) is 5.17 Å². The highest BCUT2D eigenvalue weighted by Gasteiger charge is 2.38. The van der Waals surface area contributed by atoms with E-state index in [0.29, 0.717) is 18.5 Å². The Kier molecular flexibility index (Phi) is 6.45. The third-order valence-electron chi connectivity index (χ3n) is 6.65. The van der Waals surface area contributed by atoms with Gasteiger partial charge in [-0.2, -0.15) is 0 Å². The first kappa shape index (κ1) is 23.6. The Labute approximate surface area is 202 Å². The smallest absolute Gasteiger partial charge is 0.266 e. The minimum atomic E-state index is 0.0345. The van der Waals surface area contributed by atoms with Crippen LogP contribution in [0.25, 0.3) is 6.08 Å². The molecule has 0 N–H and O–H groups in total. The van der Waals surface area contributed by atoms with Gasteiger partial charge in [-0.15, -0.1) is 0 Å². The first-order chi connectivity index (χ1) is 15.6. The number of benzene rings is 2. The number of anilines is 1. The highest BCUT2D eigenvalue weighted by Crippen LogP contribution is 2.46. The molecular weight excluding hydrogens is 426 g/mol. The fourth-order valence-electron chi connectivity index (χ4n) is 5.37. The Bertz CT molecular complexity index is 1120. The van der Waals surface area contributed by atoms with E-state index in [-0.39, 0.29) is 11.4 Å². The lowest BCUT2D eigenvalue weighted by atomic mass is 9.78. The second kappa shape index (κ2) is 9.02. The predicted octanol–water partition coefficient (Wildman–Crippen LogP) is 7.12. The lowest BCUT2D eigenvalue weighted by Crippen LogP contribution is -2.51. The molecule has 1 atom stereocenters. The normalized spacial score (nSPS) is 22.5. The van der Waals surface area contributed by atoms with Gasteiger partial charge in [0, 0.05) is 23.8 Å². The van der Waals surface area contributed by atoms with Crippen LogP contribution in [0.3, 0.4) is 0 Å². The SMILES string of the molecule is CCN1C(=O)/C(=C/c2cc3c(cc2C)N(C(C)C)C(C)(C)C[C@H]3C)SC1=Nc1ccccc1. The maximum Gasteiger partial charge on any atom is 0.266 e. The summed E-state index contributed by atoms with van der Waals surface area (Å²) in [5.74, 6) is 0.504. The number of hydrogen-bond acceptors (Lipinski definition) is 4. The molecular formula is C28H35N3OS. The summed E-state index contributed by atoms with van der Waals surface area (Å²) in [7, 11) is 0. The van der Waals surface area contributed by atoms with E-state index in [4.69, 9.17) is 4.99 Å². The predicted molar refractivity (Wildman–Crippen MR) is 142 cm³/mol. The summed E-state index contributed by atoms with van der Waals surface area (Å²) < 4.78 is 0. The zero-order valence-corrected chi connectivity index (χ0v) is 21.7. The summed E-state index contributed by atoms with van der Waals surface area (Å²) in [6.45, 7) is 16.3. The van der Waals surface area contributed by atoms with Gasteiger partial charge in [0.25, 0.3) is 5.91 Å². The third-order valence-corrected chi connectivity index (χ3v) is 7.66. The number of para-hydroxylation sites is 1. The van der Waals surface area contributed by atoms with Gasteiger partial charge < -0.3 is 4.90 Å². The molecule has 1 fully saturated rings. The number of carbonyl (C=O) groups excluding carboxylic acids is 1. The van der Waals surface area contributed by atoms with Crippen molar-refractivity contribution in [3.8, 4) is 0 Å². The van der Waals surface area contributed by atoms with Crippen molar-refractivity contribution in [3.63, 3.8) is 0 Å². The van der Waals surface area contributed by atoms with Crippen molar-refractivity contribution in [1.82, 2.24) is 4.90 Å². The van der Waals surface area contributed by atoms with Crippen LogP contribution in [0.4, 0.5) is 11.4 Å². The molecule has 33 heavy (non-hydrogen) atoms. The fraction of sp³-hybridized carbons (Fsp3) is 0.429. The van der Waals surface area contributed by atoms with E-state index in [9.17, 15) is 4.79 Å².